The van der Waals surface area contributed by atoms with Crippen LogP contribution in [0.5, 0.6) is 5.75 Å². The van der Waals surface area contributed by atoms with Crippen molar-refractivity contribution in [3.05, 3.63) is 23.8 Å². The molecule has 1 aromatic rings. The Kier molecular flexibility index (Phi) is 4.24. The first-order valence-corrected chi connectivity index (χ1v) is 6.57. The molecule has 1 unspecified atom stereocenters. The van der Waals surface area contributed by atoms with Crippen molar-refractivity contribution in [1.82, 2.24) is 5.32 Å². The van der Waals surface area contributed by atoms with Crippen LogP contribution in [0.1, 0.15) is 17.3 Å². The van der Waals surface area contributed by atoms with E-state index in [-0.39, 0.29) is 17.7 Å². The summed E-state index contributed by atoms with van der Waals surface area (Å²) in [6, 6.07) is 5.06. The van der Waals surface area contributed by atoms with Gasteiger partial charge >= 0.3 is 0 Å². The van der Waals surface area contributed by atoms with Gasteiger partial charge in [0.25, 0.3) is 5.91 Å². The van der Waals surface area contributed by atoms with Gasteiger partial charge in [-0.3, -0.25) is 9.59 Å². The fourth-order valence-corrected chi connectivity index (χ4v) is 2.07. The van der Waals surface area contributed by atoms with Crippen LogP contribution in [0.2, 0.25) is 0 Å². The van der Waals surface area contributed by atoms with Crippen molar-refractivity contribution in [3.63, 3.8) is 0 Å². The van der Waals surface area contributed by atoms with E-state index in [0.29, 0.717) is 36.7 Å². The number of carbonyl (C=O) groups excluding carboxylic acids is 2. The van der Waals surface area contributed by atoms with E-state index in [1.54, 1.807) is 25.2 Å². The van der Waals surface area contributed by atoms with Crippen LogP contribution < -0.4 is 20.7 Å². The summed E-state index contributed by atoms with van der Waals surface area (Å²) in [4.78, 5) is 25.5. The van der Waals surface area contributed by atoms with E-state index in [1.807, 2.05) is 6.92 Å². The largest absolute Gasteiger partial charge is 0.491 e. The van der Waals surface area contributed by atoms with E-state index in [4.69, 9.17) is 10.5 Å². The average Bonchev–Trinajstić information content (AvgIpc) is 2.57. The lowest BCUT2D eigenvalue weighted by atomic mass is 10.1. The number of benzene rings is 1. The third-order valence-corrected chi connectivity index (χ3v) is 3.25. The Morgan fingerprint density at radius 3 is 3.00 bits per heavy atom. The van der Waals surface area contributed by atoms with Crippen molar-refractivity contribution in [1.29, 1.82) is 0 Å². The fourth-order valence-electron chi connectivity index (χ4n) is 2.07. The maximum atomic E-state index is 12.1. The summed E-state index contributed by atoms with van der Waals surface area (Å²) < 4.78 is 5.60. The van der Waals surface area contributed by atoms with Crippen LogP contribution >= 0.6 is 0 Å². The summed E-state index contributed by atoms with van der Waals surface area (Å²) in [5.41, 5.74) is 6.45. The standard InChI is InChI=1S/C14H19N3O3/c1-9-8-20-12-4-3-10(13(18)16-6-5-15)7-11(12)17(2)14(9)19/h3-4,7,9H,5-6,8,15H2,1-2H3,(H,16,18). The van der Waals surface area contributed by atoms with Crippen molar-refractivity contribution in [2.45, 2.75) is 6.92 Å². The number of hydrogen-bond acceptors (Lipinski definition) is 4. The van der Waals surface area contributed by atoms with Crippen molar-refractivity contribution in [2.24, 2.45) is 11.7 Å². The molecule has 2 amide bonds. The molecule has 0 radical (unpaired) electrons. The van der Waals surface area contributed by atoms with E-state index in [9.17, 15) is 9.59 Å². The molecule has 0 aromatic heterocycles. The molecule has 1 heterocycles. The second kappa shape index (κ2) is 5.92. The van der Waals surface area contributed by atoms with Gasteiger partial charge < -0.3 is 20.7 Å². The molecule has 0 fully saturated rings. The lowest BCUT2D eigenvalue weighted by Gasteiger charge is -2.18. The van der Waals surface area contributed by atoms with Crippen molar-refractivity contribution >= 4 is 17.5 Å². The molecule has 6 heteroatoms. The first-order chi connectivity index (χ1) is 9.54. The molecule has 1 aliphatic heterocycles. The van der Waals surface area contributed by atoms with Crippen LogP contribution in [0.4, 0.5) is 5.69 Å². The zero-order chi connectivity index (χ0) is 14.7. The summed E-state index contributed by atoms with van der Waals surface area (Å²) in [6.45, 7) is 2.96. The Morgan fingerprint density at radius 1 is 1.55 bits per heavy atom. The minimum absolute atomic E-state index is 0.0248. The molecule has 2 rings (SSSR count). The molecule has 6 nitrogen and oxygen atoms in total. The van der Waals surface area contributed by atoms with Crippen LogP contribution in [0.25, 0.3) is 0 Å². The third kappa shape index (κ3) is 2.75. The molecule has 0 aliphatic carbocycles. The first-order valence-electron chi connectivity index (χ1n) is 6.57. The highest BCUT2D eigenvalue weighted by molar-refractivity contribution is 6.00. The molecule has 0 spiro atoms. The van der Waals surface area contributed by atoms with Crippen LogP contribution in [-0.4, -0.2) is 38.6 Å². The number of hydrogen-bond donors (Lipinski definition) is 2. The Labute approximate surface area is 117 Å². The van der Waals surface area contributed by atoms with Gasteiger partial charge in [-0.2, -0.15) is 0 Å². The Bertz CT molecular complexity index is 530. The number of nitrogens with two attached hydrogens (primary N) is 1. The van der Waals surface area contributed by atoms with Gasteiger partial charge in [0.1, 0.15) is 5.75 Å². The fraction of sp³-hybridized carbons (Fsp3) is 0.429. The molecule has 0 bridgehead atoms. The summed E-state index contributed by atoms with van der Waals surface area (Å²) in [7, 11) is 1.69. The molecular formula is C14H19N3O3. The van der Waals surface area contributed by atoms with Gasteiger partial charge in [-0.05, 0) is 18.2 Å². The van der Waals surface area contributed by atoms with Gasteiger partial charge in [0.2, 0.25) is 5.91 Å². The third-order valence-electron chi connectivity index (χ3n) is 3.25. The maximum Gasteiger partial charge on any atom is 0.251 e. The maximum absolute atomic E-state index is 12.1. The zero-order valence-corrected chi connectivity index (χ0v) is 11.7. The Morgan fingerprint density at radius 2 is 2.30 bits per heavy atom. The van der Waals surface area contributed by atoms with Crippen molar-refractivity contribution in [3.8, 4) is 5.75 Å². The number of ether oxygens (including phenoxy) is 1. The molecule has 1 aliphatic rings. The second-order valence-electron chi connectivity index (χ2n) is 4.84. The zero-order valence-electron chi connectivity index (χ0n) is 11.7. The molecule has 1 atom stereocenters. The first kappa shape index (κ1) is 14.3. The molecule has 20 heavy (non-hydrogen) atoms. The Hall–Kier alpha value is -2.08. The normalized spacial score (nSPS) is 18.1. The molecule has 0 saturated carbocycles. The van der Waals surface area contributed by atoms with E-state index in [2.05, 4.69) is 5.32 Å². The second-order valence-corrected chi connectivity index (χ2v) is 4.84. The van der Waals surface area contributed by atoms with Gasteiger partial charge in [-0.15, -0.1) is 0 Å². The Balaban J connectivity index is 2.30. The monoisotopic (exact) mass is 277 g/mol. The summed E-state index contributed by atoms with van der Waals surface area (Å²) in [5.74, 6) is 0.169. The van der Waals surface area contributed by atoms with Gasteiger partial charge in [0.05, 0.1) is 18.2 Å². The number of rotatable bonds is 3. The van der Waals surface area contributed by atoms with E-state index < -0.39 is 0 Å². The van der Waals surface area contributed by atoms with Gasteiger partial charge in [0, 0.05) is 25.7 Å². The lowest BCUT2D eigenvalue weighted by molar-refractivity contribution is -0.122. The van der Waals surface area contributed by atoms with Crippen LogP contribution in [0.3, 0.4) is 0 Å². The highest BCUT2D eigenvalue weighted by Gasteiger charge is 2.26. The number of nitrogens with zero attached hydrogens (tertiary/aromatic N) is 1. The quantitative estimate of drug-likeness (QED) is 0.836. The van der Waals surface area contributed by atoms with E-state index >= 15 is 0 Å². The van der Waals surface area contributed by atoms with Crippen molar-refractivity contribution < 1.29 is 14.3 Å². The topological polar surface area (TPSA) is 84.7 Å². The SMILES string of the molecule is CC1COc2ccc(C(=O)NCCN)cc2N(C)C1=O. The lowest BCUT2D eigenvalue weighted by Crippen LogP contribution is -2.32. The smallest absolute Gasteiger partial charge is 0.251 e. The average molecular weight is 277 g/mol. The number of anilines is 1. The number of amides is 2. The number of fused-ring (bicyclic) bond motifs is 1. The van der Waals surface area contributed by atoms with E-state index in [0.717, 1.165) is 0 Å². The van der Waals surface area contributed by atoms with Gasteiger partial charge in [-0.25, -0.2) is 0 Å². The number of carbonyl (C=O) groups is 2. The molecule has 0 saturated heterocycles. The summed E-state index contributed by atoms with van der Waals surface area (Å²) in [6.07, 6.45) is 0. The molecular weight excluding hydrogens is 258 g/mol. The van der Waals surface area contributed by atoms with Crippen LogP contribution in [0.15, 0.2) is 18.2 Å². The molecule has 3 N–H and O–H groups in total. The van der Waals surface area contributed by atoms with Gasteiger partial charge in [-0.1, -0.05) is 6.92 Å². The predicted molar refractivity (Wildman–Crippen MR) is 75.9 cm³/mol. The van der Waals surface area contributed by atoms with E-state index in [1.165, 1.54) is 4.90 Å². The number of nitrogens with one attached hydrogen (secondary N) is 1. The summed E-state index contributed by atoms with van der Waals surface area (Å²) >= 11 is 0. The van der Waals surface area contributed by atoms with Gasteiger partial charge in [0.15, 0.2) is 0 Å². The molecule has 108 valence electrons. The van der Waals surface area contributed by atoms with Crippen LogP contribution in [-0.2, 0) is 4.79 Å². The minimum Gasteiger partial charge on any atom is -0.491 e. The highest BCUT2D eigenvalue weighted by Crippen LogP contribution is 2.32. The molecule has 1 aromatic carbocycles. The van der Waals surface area contributed by atoms with Crippen LogP contribution in [0, 0.1) is 5.92 Å². The summed E-state index contributed by atoms with van der Waals surface area (Å²) in [5, 5.41) is 2.70. The predicted octanol–water partition coefficient (Wildman–Crippen LogP) is 0.366. The highest BCUT2D eigenvalue weighted by atomic mass is 16.5. The van der Waals surface area contributed by atoms with Crippen molar-refractivity contribution in [2.75, 3.05) is 31.6 Å². The minimum atomic E-state index is -0.212.